The maximum Gasteiger partial charge on any atom is 0.283 e. The van der Waals surface area contributed by atoms with Gasteiger partial charge in [0.25, 0.3) is 6.43 Å². The van der Waals surface area contributed by atoms with Crippen LogP contribution in [0.4, 0.5) is 13.2 Å². The molecule has 1 rings (SSSR count). The van der Waals surface area contributed by atoms with Crippen molar-refractivity contribution in [1.29, 1.82) is 0 Å². The number of pyridine rings is 1. The van der Waals surface area contributed by atoms with Gasteiger partial charge >= 0.3 is 0 Å². The number of hydrogen-bond donors (Lipinski definition) is 1. The lowest BCUT2D eigenvalue weighted by molar-refractivity contribution is 0.139. The first-order valence-corrected chi connectivity index (χ1v) is 3.19. The van der Waals surface area contributed by atoms with Crippen molar-refractivity contribution in [3.05, 3.63) is 29.3 Å². The second-order valence-corrected chi connectivity index (χ2v) is 2.13. The minimum Gasteiger partial charge on any atom is -0.390 e. The Morgan fingerprint density at radius 3 is 2.58 bits per heavy atom. The molecule has 0 radical (unpaired) electrons. The fourth-order valence-electron chi connectivity index (χ4n) is 0.741. The van der Waals surface area contributed by atoms with E-state index in [-0.39, 0.29) is 5.69 Å². The van der Waals surface area contributed by atoms with Crippen molar-refractivity contribution in [2.45, 2.75) is 13.0 Å². The molecular weight excluding hydrogens is 171 g/mol. The SMILES string of the molecule is OCc1ccc(F)c(C(F)F)n1. The monoisotopic (exact) mass is 177 g/mol. The Bertz CT molecular complexity index is 277. The van der Waals surface area contributed by atoms with Crippen LogP contribution in [0.1, 0.15) is 17.8 Å². The summed E-state index contributed by atoms with van der Waals surface area (Å²) in [7, 11) is 0. The smallest absolute Gasteiger partial charge is 0.283 e. The molecule has 66 valence electrons. The van der Waals surface area contributed by atoms with E-state index in [9.17, 15) is 13.2 Å². The molecule has 0 unspecified atom stereocenters. The first-order valence-electron chi connectivity index (χ1n) is 3.19. The molecule has 1 N–H and O–H groups in total. The van der Waals surface area contributed by atoms with E-state index in [1.807, 2.05) is 0 Å². The maximum absolute atomic E-state index is 12.5. The number of nitrogens with zero attached hydrogens (tertiary/aromatic N) is 1. The Hall–Kier alpha value is -1.10. The largest absolute Gasteiger partial charge is 0.390 e. The van der Waals surface area contributed by atoms with Crippen molar-refractivity contribution in [3.63, 3.8) is 0 Å². The highest BCUT2D eigenvalue weighted by atomic mass is 19.3. The van der Waals surface area contributed by atoms with E-state index in [1.165, 1.54) is 0 Å². The molecule has 5 heteroatoms. The number of aliphatic hydroxyl groups is 1. The number of aliphatic hydroxyl groups excluding tert-OH is 1. The van der Waals surface area contributed by atoms with Crippen LogP contribution in [0.2, 0.25) is 0 Å². The summed E-state index contributed by atoms with van der Waals surface area (Å²) in [5, 5.41) is 8.50. The molecule has 1 aromatic heterocycles. The van der Waals surface area contributed by atoms with Crippen molar-refractivity contribution in [2.24, 2.45) is 0 Å². The van der Waals surface area contributed by atoms with Crippen molar-refractivity contribution in [1.82, 2.24) is 4.98 Å². The van der Waals surface area contributed by atoms with Crippen molar-refractivity contribution in [3.8, 4) is 0 Å². The predicted octanol–water partition coefficient (Wildman–Crippen LogP) is 1.65. The number of halogens is 3. The first kappa shape index (κ1) is 8.99. The van der Waals surface area contributed by atoms with E-state index in [0.29, 0.717) is 0 Å². The summed E-state index contributed by atoms with van der Waals surface area (Å²) in [5.41, 5.74) is -0.881. The molecule has 0 atom stereocenters. The van der Waals surface area contributed by atoms with E-state index in [2.05, 4.69) is 4.98 Å². The third kappa shape index (κ3) is 1.73. The van der Waals surface area contributed by atoms with Crippen LogP contribution in [-0.2, 0) is 6.61 Å². The molecule has 0 saturated heterocycles. The summed E-state index contributed by atoms with van der Waals surface area (Å²) < 4.78 is 36.5. The second-order valence-electron chi connectivity index (χ2n) is 2.13. The van der Waals surface area contributed by atoms with Gasteiger partial charge in [0.15, 0.2) is 5.82 Å². The minimum absolute atomic E-state index is 0.0340. The Balaban J connectivity index is 3.08. The Kier molecular flexibility index (Phi) is 2.65. The molecule has 0 spiro atoms. The molecule has 0 aliphatic rings. The molecule has 1 aromatic rings. The van der Waals surface area contributed by atoms with Gasteiger partial charge in [0, 0.05) is 0 Å². The molecule has 0 bridgehead atoms. The quantitative estimate of drug-likeness (QED) is 0.745. The third-order valence-corrected chi connectivity index (χ3v) is 1.30. The first-order chi connectivity index (χ1) is 5.65. The van der Waals surface area contributed by atoms with Gasteiger partial charge in [-0.15, -0.1) is 0 Å². The fourth-order valence-corrected chi connectivity index (χ4v) is 0.741. The molecule has 2 nitrogen and oxygen atoms in total. The lowest BCUT2D eigenvalue weighted by Crippen LogP contribution is -1.99. The van der Waals surface area contributed by atoms with Gasteiger partial charge < -0.3 is 5.11 Å². The summed E-state index contributed by atoms with van der Waals surface area (Å²) in [6.45, 7) is -0.472. The van der Waals surface area contributed by atoms with Crippen molar-refractivity contribution < 1.29 is 18.3 Å². The van der Waals surface area contributed by atoms with Crippen molar-refractivity contribution >= 4 is 0 Å². The van der Waals surface area contributed by atoms with Gasteiger partial charge in [0.1, 0.15) is 5.69 Å². The molecule has 0 amide bonds. The zero-order chi connectivity index (χ0) is 9.14. The normalized spacial score (nSPS) is 10.8. The standard InChI is InChI=1S/C7H6F3NO/c8-5-2-1-4(3-12)11-6(5)7(9)10/h1-2,7,12H,3H2. The summed E-state index contributed by atoms with van der Waals surface area (Å²) >= 11 is 0. The van der Waals surface area contributed by atoms with Crippen LogP contribution in [0.15, 0.2) is 12.1 Å². The average molecular weight is 177 g/mol. The molecule has 0 aliphatic heterocycles. The Labute approximate surface area is 66.7 Å². The molecule has 0 aliphatic carbocycles. The highest BCUT2D eigenvalue weighted by molar-refractivity contribution is 5.13. The zero-order valence-corrected chi connectivity index (χ0v) is 5.97. The van der Waals surface area contributed by atoms with Gasteiger partial charge in [-0.25, -0.2) is 18.2 Å². The molecule has 12 heavy (non-hydrogen) atoms. The van der Waals surface area contributed by atoms with Crippen LogP contribution in [-0.4, -0.2) is 10.1 Å². The summed E-state index contributed by atoms with van der Waals surface area (Å²) in [6.07, 6.45) is -2.95. The highest BCUT2D eigenvalue weighted by Crippen LogP contribution is 2.19. The Morgan fingerprint density at radius 1 is 1.42 bits per heavy atom. The molecule has 1 heterocycles. The van der Waals surface area contributed by atoms with E-state index >= 15 is 0 Å². The van der Waals surface area contributed by atoms with E-state index in [0.717, 1.165) is 12.1 Å². The van der Waals surface area contributed by atoms with Crippen LogP contribution in [0, 0.1) is 5.82 Å². The Morgan fingerprint density at radius 2 is 2.08 bits per heavy atom. The fraction of sp³-hybridized carbons (Fsp3) is 0.286. The van der Waals surface area contributed by atoms with Gasteiger partial charge in [-0.05, 0) is 12.1 Å². The number of alkyl halides is 2. The summed E-state index contributed by atoms with van der Waals surface area (Å²) in [5.74, 6) is -1.05. The number of hydrogen-bond acceptors (Lipinski definition) is 2. The third-order valence-electron chi connectivity index (χ3n) is 1.30. The van der Waals surface area contributed by atoms with Gasteiger partial charge in [-0.2, -0.15) is 0 Å². The predicted molar refractivity (Wildman–Crippen MR) is 35.1 cm³/mol. The van der Waals surface area contributed by atoms with Crippen molar-refractivity contribution in [2.75, 3.05) is 0 Å². The topological polar surface area (TPSA) is 33.1 Å². The number of aromatic nitrogens is 1. The second kappa shape index (κ2) is 3.53. The van der Waals surface area contributed by atoms with Gasteiger partial charge in [0.05, 0.1) is 12.3 Å². The van der Waals surface area contributed by atoms with Crippen LogP contribution in [0.5, 0.6) is 0 Å². The molecule has 0 saturated carbocycles. The highest BCUT2D eigenvalue weighted by Gasteiger charge is 2.15. The van der Waals surface area contributed by atoms with Gasteiger partial charge in [-0.1, -0.05) is 0 Å². The summed E-state index contributed by atoms with van der Waals surface area (Å²) in [4.78, 5) is 3.22. The van der Waals surface area contributed by atoms with Gasteiger partial charge in [-0.3, -0.25) is 0 Å². The summed E-state index contributed by atoms with van der Waals surface area (Å²) in [6, 6.07) is 2.02. The van der Waals surface area contributed by atoms with E-state index < -0.39 is 24.5 Å². The van der Waals surface area contributed by atoms with Crippen LogP contribution in [0.25, 0.3) is 0 Å². The zero-order valence-electron chi connectivity index (χ0n) is 5.97. The molecule has 0 fully saturated rings. The lowest BCUT2D eigenvalue weighted by Gasteiger charge is -2.01. The maximum atomic E-state index is 12.5. The molecular formula is C7H6F3NO. The van der Waals surface area contributed by atoms with Crippen LogP contribution in [0.3, 0.4) is 0 Å². The van der Waals surface area contributed by atoms with E-state index in [1.54, 1.807) is 0 Å². The van der Waals surface area contributed by atoms with E-state index in [4.69, 9.17) is 5.11 Å². The molecule has 0 aromatic carbocycles. The van der Waals surface area contributed by atoms with Gasteiger partial charge in [0.2, 0.25) is 0 Å². The van der Waals surface area contributed by atoms with Crippen LogP contribution < -0.4 is 0 Å². The average Bonchev–Trinajstić information content (AvgIpc) is 2.05. The number of rotatable bonds is 2. The minimum atomic E-state index is -2.95. The van der Waals surface area contributed by atoms with Crippen LogP contribution >= 0.6 is 0 Å². The lowest BCUT2D eigenvalue weighted by atomic mass is 10.3.